The summed E-state index contributed by atoms with van der Waals surface area (Å²) in [5.41, 5.74) is 4.33. The Morgan fingerprint density at radius 2 is 1.82 bits per heavy atom. The maximum atomic E-state index is 6.39. The van der Waals surface area contributed by atoms with Crippen molar-refractivity contribution < 1.29 is 14.2 Å². The van der Waals surface area contributed by atoms with Crippen LogP contribution in [0.3, 0.4) is 0 Å². The number of hydrogen-bond donors (Lipinski definition) is 1. The maximum Gasteiger partial charge on any atom is 0.132 e. The average molecular weight is 452 g/mol. The number of rotatable bonds is 10. The van der Waals surface area contributed by atoms with Gasteiger partial charge in [-0.05, 0) is 55.0 Å². The van der Waals surface area contributed by atoms with Gasteiger partial charge >= 0.3 is 0 Å². The zero-order chi connectivity index (χ0) is 24.1. The van der Waals surface area contributed by atoms with E-state index in [1.807, 2.05) is 6.07 Å². The fraction of sp³-hybridized carbons (Fsp3) is 0.517. The highest BCUT2D eigenvalue weighted by molar-refractivity contribution is 5.54. The van der Waals surface area contributed by atoms with Crippen LogP contribution < -0.4 is 10.1 Å². The highest BCUT2D eigenvalue weighted by Crippen LogP contribution is 2.44. The second-order valence-corrected chi connectivity index (χ2v) is 10.4. The number of fused-ring (bicyclic) bond motifs is 1. The van der Waals surface area contributed by atoms with E-state index in [0.29, 0.717) is 13.2 Å². The Morgan fingerprint density at radius 1 is 1.09 bits per heavy atom. The maximum absolute atomic E-state index is 6.39. The van der Waals surface area contributed by atoms with E-state index in [0.717, 1.165) is 36.4 Å². The zero-order valence-electron chi connectivity index (χ0n) is 21.2. The van der Waals surface area contributed by atoms with E-state index in [9.17, 15) is 0 Å². The van der Waals surface area contributed by atoms with Crippen molar-refractivity contribution in [2.75, 3.05) is 18.5 Å². The lowest BCUT2D eigenvalue weighted by molar-refractivity contribution is -0.157. The molecule has 0 saturated carbocycles. The Hall–Kier alpha value is -2.30. The van der Waals surface area contributed by atoms with Crippen LogP contribution in [0.1, 0.15) is 77.2 Å². The van der Waals surface area contributed by atoms with Crippen molar-refractivity contribution in [1.82, 2.24) is 0 Å². The summed E-state index contributed by atoms with van der Waals surface area (Å²) in [5, 5.41) is 3.57. The lowest BCUT2D eigenvalue weighted by Gasteiger charge is -2.44. The lowest BCUT2D eigenvalue weighted by Crippen LogP contribution is -2.51. The molecule has 0 bridgehead atoms. The standard InChI is InChI=1S/C29H41NO3/c1-8-10-18-31-26-24-19-23(30-20-21-11-13-22(14-12-21)28(3,4)5)15-16-25(24)33-29(6,7)27(26)32-17-9-2/h9,11-16,19,26-27,30H,2,8,10,17-18,20H2,1,3-7H3. The molecule has 2 unspecified atom stereocenters. The van der Waals surface area contributed by atoms with Crippen LogP contribution in [0.5, 0.6) is 5.75 Å². The van der Waals surface area contributed by atoms with E-state index < -0.39 is 5.60 Å². The Bertz CT molecular complexity index is 911. The van der Waals surface area contributed by atoms with Crippen LogP contribution in [0.2, 0.25) is 0 Å². The van der Waals surface area contributed by atoms with Gasteiger partial charge in [0.1, 0.15) is 23.6 Å². The molecular formula is C29H41NO3. The van der Waals surface area contributed by atoms with Gasteiger partial charge in [-0.25, -0.2) is 0 Å². The lowest BCUT2D eigenvalue weighted by atomic mass is 9.87. The minimum atomic E-state index is -0.503. The molecule has 4 nitrogen and oxygen atoms in total. The van der Waals surface area contributed by atoms with E-state index in [2.05, 4.69) is 89.8 Å². The molecule has 1 aliphatic rings. The quantitative estimate of drug-likeness (QED) is 0.306. The van der Waals surface area contributed by atoms with E-state index in [-0.39, 0.29) is 17.6 Å². The monoisotopic (exact) mass is 451 g/mol. The molecule has 3 rings (SSSR count). The van der Waals surface area contributed by atoms with Crippen LogP contribution >= 0.6 is 0 Å². The van der Waals surface area contributed by atoms with Crippen molar-refractivity contribution in [2.45, 2.75) is 84.2 Å². The molecule has 2 aromatic carbocycles. The first-order valence-corrected chi connectivity index (χ1v) is 12.2. The summed E-state index contributed by atoms with van der Waals surface area (Å²) < 4.78 is 18.9. The van der Waals surface area contributed by atoms with Gasteiger partial charge < -0.3 is 19.5 Å². The molecule has 2 aromatic rings. The normalized spacial score (nSPS) is 19.5. The molecule has 180 valence electrons. The van der Waals surface area contributed by atoms with Gasteiger partial charge in [0.05, 0.1) is 6.61 Å². The van der Waals surface area contributed by atoms with Gasteiger partial charge in [-0.15, -0.1) is 6.58 Å². The molecule has 1 aliphatic heterocycles. The van der Waals surface area contributed by atoms with Gasteiger partial charge in [0.25, 0.3) is 0 Å². The topological polar surface area (TPSA) is 39.7 Å². The summed E-state index contributed by atoms with van der Waals surface area (Å²) in [5.74, 6) is 0.861. The minimum Gasteiger partial charge on any atom is -0.485 e. The van der Waals surface area contributed by atoms with Crippen LogP contribution in [0.15, 0.2) is 55.1 Å². The van der Waals surface area contributed by atoms with Gasteiger partial charge in [-0.1, -0.05) is 64.5 Å². The molecule has 0 fully saturated rings. The summed E-state index contributed by atoms with van der Waals surface area (Å²) in [6.45, 7) is 18.7. The molecule has 0 aromatic heterocycles. The predicted octanol–water partition coefficient (Wildman–Crippen LogP) is 7.20. The van der Waals surface area contributed by atoms with Gasteiger partial charge in [0.15, 0.2) is 0 Å². The first kappa shape index (κ1) is 25.3. The highest BCUT2D eigenvalue weighted by atomic mass is 16.6. The molecule has 0 radical (unpaired) electrons. The Balaban J connectivity index is 1.80. The first-order chi connectivity index (χ1) is 15.7. The van der Waals surface area contributed by atoms with E-state index in [4.69, 9.17) is 14.2 Å². The third-order valence-electron chi connectivity index (χ3n) is 6.16. The van der Waals surface area contributed by atoms with Crippen molar-refractivity contribution in [3.8, 4) is 5.75 Å². The smallest absolute Gasteiger partial charge is 0.132 e. The fourth-order valence-electron chi connectivity index (χ4n) is 4.16. The summed E-state index contributed by atoms with van der Waals surface area (Å²) >= 11 is 0. The first-order valence-electron chi connectivity index (χ1n) is 12.2. The van der Waals surface area contributed by atoms with Crippen molar-refractivity contribution in [2.24, 2.45) is 0 Å². The minimum absolute atomic E-state index is 0.162. The number of ether oxygens (including phenoxy) is 3. The second kappa shape index (κ2) is 10.8. The molecule has 0 amide bonds. The van der Waals surface area contributed by atoms with Crippen LogP contribution in [0, 0.1) is 0 Å². The Labute approximate surface area is 200 Å². The second-order valence-electron chi connectivity index (χ2n) is 10.4. The van der Waals surface area contributed by atoms with Gasteiger partial charge in [-0.2, -0.15) is 0 Å². The molecule has 0 aliphatic carbocycles. The van der Waals surface area contributed by atoms with E-state index >= 15 is 0 Å². The number of unbranched alkanes of at least 4 members (excludes halogenated alkanes) is 1. The van der Waals surface area contributed by atoms with Gasteiger partial charge in [0, 0.05) is 24.4 Å². The molecule has 2 atom stereocenters. The Morgan fingerprint density at radius 3 is 2.45 bits per heavy atom. The number of anilines is 1. The van der Waals surface area contributed by atoms with Crippen molar-refractivity contribution in [3.05, 3.63) is 71.8 Å². The summed E-state index contributed by atoms with van der Waals surface area (Å²) in [6, 6.07) is 15.1. The van der Waals surface area contributed by atoms with E-state index in [1.54, 1.807) is 6.08 Å². The Kier molecular flexibility index (Phi) is 8.25. The summed E-state index contributed by atoms with van der Waals surface area (Å²) in [4.78, 5) is 0. The zero-order valence-corrected chi connectivity index (χ0v) is 21.2. The van der Waals surface area contributed by atoms with Crippen molar-refractivity contribution in [1.29, 1.82) is 0 Å². The molecule has 33 heavy (non-hydrogen) atoms. The molecule has 1 N–H and O–H groups in total. The third kappa shape index (κ3) is 6.39. The molecule has 4 heteroatoms. The predicted molar refractivity (Wildman–Crippen MR) is 137 cm³/mol. The summed E-state index contributed by atoms with van der Waals surface area (Å²) in [7, 11) is 0. The summed E-state index contributed by atoms with van der Waals surface area (Å²) in [6.07, 6.45) is 3.47. The van der Waals surface area contributed by atoms with Crippen LogP contribution in [-0.2, 0) is 21.4 Å². The SMILES string of the molecule is C=CCOC1C(OCCCC)c2cc(NCc3ccc(C(C)(C)C)cc3)ccc2OC1(C)C. The van der Waals surface area contributed by atoms with Gasteiger partial charge in [0.2, 0.25) is 0 Å². The molecule has 1 heterocycles. The number of hydrogen-bond acceptors (Lipinski definition) is 4. The largest absolute Gasteiger partial charge is 0.485 e. The van der Waals surface area contributed by atoms with Crippen molar-refractivity contribution in [3.63, 3.8) is 0 Å². The third-order valence-corrected chi connectivity index (χ3v) is 6.16. The van der Waals surface area contributed by atoms with Crippen molar-refractivity contribution >= 4 is 5.69 Å². The van der Waals surface area contributed by atoms with Gasteiger partial charge in [-0.3, -0.25) is 0 Å². The molecule has 0 spiro atoms. The number of nitrogens with one attached hydrogen (secondary N) is 1. The highest BCUT2D eigenvalue weighted by Gasteiger charge is 2.45. The van der Waals surface area contributed by atoms with Crippen LogP contribution in [0.25, 0.3) is 0 Å². The fourth-order valence-corrected chi connectivity index (χ4v) is 4.16. The van der Waals surface area contributed by atoms with E-state index in [1.165, 1.54) is 11.1 Å². The number of benzene rings is 2. The van der Waals surface area contributed by atoms with Crippen LogP contribution in [-0.4, -0.2) is 24.9 Å². The molecule has 0 saturated heterocycles. The average Bonchev–Trinajstić information content (AvgIpc) is 2.76. The molecular weight excluding hydrogens is 410 g/mol. The van der Waals surface area contributed by atoms with Crippen LogP contribution in [0.4, 0.5) is 5.69 Å².